The van der Waals surface area contributed by atoms with Gasteiger partial charge in [-0.1, -0.05) is 45.6 Å². The monoisotopic (exact) mass is 573 g/mol. The molecule has 7 nitrogen and oxygen atoms in total. The lowest BCUT2D eigenvalue weighted by Gasteiger charge is -2.16. The molecular formula is C32H36FN3O4Si. The highest BCUT2D eigenvalue weighted by Crippen LogP contribution is 2.42. The van der Waals surface area contributed by atoms with Gasteiger partial charge in [-0.05, 0) is 66.1 Å². The summed E-state index contributed by atoms with van der Waals surface area (Å²) in [4.78, 5) is 11.0. The molecule has 0 bridgehead atoms. The van der Waals surface area contributed by atoms with Gasteiger partial charge in [0.2, 0.25) is 0 Å². The summed E-state index contributed by atoms with van der Waals surface area (Å²) in [5.41, 5.74) is 5.95. The minimum absolute atomic E-state index is 0.134. The topological polar surface area (TPSA) is 78.5 Å². The normalized spacial score (nSPS) is 12.1. The molecule has 41 heavy (non-hydrogen) atoms. The molecule has 0 spiro atoms. The molecular weight excluding hydrogens is 537 g/mol. The fourth-order valence-electron chi connectivity index (χ4n) is 5.09. The fraction of sp³-hybridized carbons (Fsp3) is 0.312. The third kappa shape index (κ3) is 6.21. The molecule has 5 aromatic rings. The van der Waals surface area contributed by atoms with E-state index in [9.17, 15) is 9.18 Å². The van der Waals surface area contributed by atoms with Crippen LogP contribution in [0.25, 0.3) is 38.6 Å². The molecule has 0 aliphatic rings. The highest BCUT2D eigenvalue weighted by atomic mass is 28.3. The molecule has 0 aliphatic carbocycles. The van der Waals surface area contributed by atoms with Crippen molar-refractivity contribution in [2.24, 2.45) is 0 Å². The number of aliphatic carboxylic acids is 1. The predicted molar refractivity (Wildman–Crippen MR) is 163 cm³/mol. The van der Waals surface area contributed by atoms with Gasteiger partial charge in [-0.3, -0.25) is 0 Å². The molecule has 0 amide bonds. The first-order valence-electron chi connectivity index (χ1n) is 13.8. The van der Waals surface area contributed by atoms with Gasteiger partial charge in [0.15, 0.2) is 6.61 Å². The number of aromatic nitrogens is 3. The molecule has 2 aromatic heterocycles. The molecule has 3 aromatic carbocycles. The van der Waals surface area contributed by atoms with Crippen LogP contribution in [0.3, 0.4) is 0 Å². The smallest absolute Gasteiger partial charge is 0.341 e. The second-order valence-electron chi connectivity index (χ2n) is 11.9. The van der Waals surface area contributed by atoms with Crippen LogP contribution in [0, 0.1) is 5.82 Å². The van der Waals surface area contributed by atoms with Crippen molar-refractivity contribution in [1.29, 1.82) is 0 Å². The van der Waals surface area contributed by atoms with E-state index in [1.54, 1.807) is 24.3 Å². The Morgan fingerprint density at radius 2 is 1.73 bits per heavy atom. The van der Waals surface area contributed by atoms with E-state index in [1.165, 1.54) is 12.1 Å². The molecule has 0 radical (unpaired) electrons. The second-order valence-corrected chi connectivity index (χ2v) is 17.5. The van der Waals surface area contributed by atoms with E-state index < -0.39 is 20.7 Å². The van der Waals surface area contributed by atoms with E-state index in [1.807, 2.05) is 23.0 Å². The average Bonchev–Trinajstić information content (AvgIpc) is 3.47. The Kier molecular flexibility index (Phi) is 8.01. The van der Waals surface area contributed by atoms with Gasteiger partial charge in [-0.25, -0.2) is 13.9 Å². The molecule has 5 rings (SSSR count). The molecule has 2 heterocycles. The maximum Gasteiger partial charge on any atom is 0.341 e. The zero-order valence-electron chi connectivity index (χ0n) is 24.1. The maximum atomic E-state index is 13.9. The first-order valence-corrected chi connectivity index (χ1v) is 17.5. The van der Waals surface area contributed by atoms with Crippen LogP contribution in [-0.4, -0.2) is 46.7 Å². The largest absolute Gasteiger partial charge is 0.482 e. The van der Waals surface area contributed by atoms with Crippen molar-refractivity contribution in [2.45, 2.75) is 52.2 Å². The lowest BCUT2D eigenvalue weighted by atomic mass is 9.96. The molecule has 0 fully saturated rings. The predicted octanol–water partition coefficient (Wildman–Crippen LogP) is 7.69. The van der Waals surface area contributed by atoms with E-state index in [4.69, 9.17) is 14.6 Å². The summed E-state index contributed by atoms with van der Waals surface area (Å²) < 4.78 is 29.4. The summed E-state index contributed by atoms with van der Waals surface area (Å²) in [5.74, 6) is -0.690. The number of carboxylic acids is 1. The van der Waals surface area contributed by atoms with Gasteiger partial charge in [0, 0.05) is 42.4 Å². The number of hydrogen-bond donors (Lipinski definition) is 1. The Morgan fingerprint density at radius 1 is 1.02 bits per heavy atom. The van der Waals surface area contributed by atoms with Crippen molar-refractivity contribution in [2.75, 3.05) is 13.2 Å². The summed E-state index contributed by atoms with van der Waals surface area (Å²) >= 11 is 0. The molecule has 0 unspecified atom stereocenters. The number of nitrogens with zero attached hydrogens (tertiary/aromatic N) is 3. The molecule has 0 saturated carbocycles. The van der Waals surface area contributed by atoms with Crippen LogP contribution >= 0.6 is 0 Å². The van der Waals surface area contributed by atoms with Gasteiger partial charge in [-0.2, -0.15) is 5.10 Å². The van der Waals surface area contributed by atoms with E-state index in [-0.39, 0.29) is 11.7 Å². The highest BCUT2D eigenvalue weighted by Gasteiger charge is 2.23. The number of halogens is 1. The SMILES string of the molecule is CC(C)c1c(-c2ccc(OCC(=O)O)cc2)c2cc3c(cnn3COCC[Si](C)(C)C)cc2n1-c1ccc(F)cc1. The third-order valence-electron chi connectivity index (χ3n) is 7.11. The summed E-state index contributed by atoms with van der Waals surface area (Å²) in [7, 11) is -1.20. The Morgan fingerprint density at radius 3 is 2.37 bits per heavy atom. The van der Waals surface area contributed by atoms with Crippen molar-refractivity contribution < 1.29 is 23.8 Å². The van der Waals surface area contributed by atoms with E-state index in [2.05, 4.69) is 55.3 Å². The molecule has 0 atom stereocenters. The van der Waals surface area contributed by atoms with Crippen molar-refractivity contribution >= 4 is 35.8 Å². The van der Waals surface area contributed by atoms with Gasteiger partial charge in [0.05, 0.1) is 17.2 Å². The summed E-state index contributed by atoms with van der Waals surface area (Å²) in [6.45, 7) is 12.0. The van der Waals surface area contributed by atoms with Crippen LogP contribution in [0.15, 0.2) is 66.9 Å². The number of ether oxygens (including phenoxy) is 2. The van der Waals surface area contributed by atoms with Crippen LogP contribution in [0.1, 0.15) is 25.5 Å². The van der Waals surface area contributed by atoms with Crippen molar-refractivity contribution in [3.05, 3.63) is 78.4 Å². The Bertz CT molecular complexity index is 1680. The maximum absolute atomic E-state index is 13.9. The van der Waals surface area contributed by atoms with Crippen LogP contribution < -0.4 is 4.74 Å². The Balaban J connectivity index is 1.67. The number of rotatable bonds is 11. The molecule has 1 N–H and O–H groups in total. The van der Waals surface area contributed by atoms with Gasteiger partial charge in [0.1, 0.15) is 18.3 Å². The molecule has 9 heteroatoms. The van der Waals surface area contributed by atoms with Crippen LogP contribution in [-0.2, 0) is 16.3 Å². The molecule has 214 valence electrons. The van der Waals surface area contributed by atoms with Gasteiger partial charge in [-0.15, -0.1) is 0 Å². The number of benzene rings is 3. The highest BCUT2D eigenvalue weighted by molar-refractivity contribution is 6.76. The zero-order valence-corrected chi connectivity index (χ0v) is 25.1. The number of fused-ring (bicyclic) bond motifs is 2. The van der Waals surface area contributed by atoms with Crippen LogP contribution in [0.2, 0.25) is 25.7 Å². The number of carboxylic acid groups (broad SMARTS) is 1. The number of hydrogen-bond acceptors (Lipinski definition) is 4. The van der Waals surface area contributed by atoms with Gasteiger partial charge >= 0.3 is 5.97 Å². The van der Waals surface area contributed by atoms with Gasteiger partial charge in [0.25, 0.3) is 0 Å². The summed E-state index contributed by atoms with van der Waals surface area (Å²) in [5, 5.41) is 15.6. The average molecular weight is 574 g/mol. The van der Waals surface area contributed by atoms with Crippen molar-refractivity contribution in [3.8, 4) is 22.6 Å². The second kappa shape index (κ2) is 11.5. The lowest BCUT2D eigenvalue weighted by Crippen LogP contribution is -2.22. The van der Waals surface area contributed by atoms with E-state index >= 15 is 0 Å². The van der Waals surface area contributed by atoms with Crippen LogP contribution in [0.4, 0.5) is 4.39 Å². The van der Waals surface area contributed by atoms with Gasteiger partial charge < -0.3 is 19.1 Å². The number of carbonyl (C=O) groups is 1. The molecule has 0 saturated heterocycles. The standard InChI is InChI=1S/C32H36FN3O4Si/c1-21(2)32-31(22-6-12-26(13-7-22)40-19-30(37)38)27-17-28-23(18-34-35(28)20-39-14-15-41(3,4)5)16-29(27)36(32)25-10-8-24(33)9-11-25/h6-13,16-18,21H,14-15,19-20H2,1-5H3,(H,37,38). The lowest BCUT2D eigenvalue weighted by molar-refractivity contribution is -0.139. The van der Waals surface area contributed by atoms with Crippen molar-refractivity contribution in [1.82, 2.24) is 14.3 Å². The minimum atomic E-state index is -1.20. The van der Waals surface area contributed by atoms with Crippen LogP contribution in [0.5, 0.6) is 5.75 Å². The molecule has 0 aliphatic heterocycles. The zero-order chi connectivity index (χ0) is 29.3. The first-order chi connectivity index (χ1) is 19.5. The van der Waals surface area contributed by atoms with E-state index in [0.29, 0.717) is 19.1 Å². The summed E-state index contributed by atoms with van der Waals surface area (Å²) in [6.07, 6.45) is 1.86. The Hall–Kier alpha value is -3.95. The third-order valence-corrected chi connectivity index (χ3v) is 8.82. The van der Waals surface area contributed by atoms with Crippen molar-refractivity contribution in [3.63, 3.8) is 0 Å². The minimum Gasteiger partial charge on any atom is -0.482 e. The first kappa shape index (κ1) is 28.6. The summed E-state index contributed by atoms with van der Waals surface area (Å²) in [6, 6.07) is 19.4. The van der Waals surface area contributed by atoms with E-state index in [0.717, 1.165) is 50.4 Å². The quantitative estimate of drug-likeness (QED) is 0.129. The fourth-order valence-corrected chi connectivity index (χ4v) is 5.85. The Labute approximate surface area is 240 Å².